The summed E-state index contributed by atoms with van der Waals surface area (Å²) in [6.45, 7) is 13.7. The Morgan fingerprint density at radius 1 is 1.05 bits per heavy atom. The van der Waals surface area contributed by atoms with Crippen LogP contribution >= 0.6 is 15.9 Å². The van der Waals surface area contributed by atoms with Crippen molar-refractivity contribution in [3.05, 3.63) is 46.9 Å². The van der Waals surface area contributed by atoms with Crippen molar-refractivity contribution < 1.29 is 17.1 Å². The van der Waals surface area contributed by atoms with Crippen molar-refractivity contribution in [2.45, 2.75) is 33.5 Å². The Balaban J connectivity index is 0.000000562. The van der Waals surface area contributed by atoms with Gasteiger partial charge in [-0.3, -0.25) is 0 Å². The minimum atomic E-state index is -1.20. The first kappa shape index (κ1) is 20.7. The van der Waals surface area contributed by atoms with Gasteiger partial charge in [-0.1, -0.05) is 45.7 Å². The second-order valence-electron chi connectivity index (χ2n) is 5.83. The van der Waals surface area contributed by atoms with E-state index >= 15 is 0 Å². The zero-order valence-electron chi connectivity index (χ0n) is 13.6. The summed E-state index contributed by atoms with van der Waals surface area (Å²) in [5, 5.41) is 1.53. The molecule has 0 heterocycles. The summed E-state index contributed by atoms with van der Waals surface area (Å²) in [4.78, 5) is 2.40. The van der Waals surface area contributed by atoms with Gasteiger partial charge in [-0.25, -0.2) is 6.07 Å². The fourth-order valence-electron chi connectivity index (χ4n) is 2.16. The first-order valence-corrected chi connectivity index (χ1v) is 11.6. The summed E-state index contributed by atoms with van der Waals surface area (Å²) in [7, 11) is -1.20. The smallest absolute Gasteiger partial charge is 0.00502 e. The van der Waals surface area contributed by atoms with Crippen LogP contribution in [0.3, 0.4) is 0 Å². The van der Waals surface area contributed by atoms with E-state index in [2.05, 4.69) is 66.5 Å². The molecule has 0 aliphatic heterocycles. The Bertz CT molecular complexity index is 464. The topological polar surface area (TPSA) is 3.24 Å². The van der Waals surface area contributed by atoms with Crippen molar-refractivity contribution >= 4 is 34.9 Å². The Morgan fingerprint density at radius 3 is 1.76 bits per heavy atom. The monoisotopic (exact) mass is 407 g/mol. The average molecular weight is 408 g/mol. The molecule has 0 aliphatic rings. The second kappa shape index (κ2) is 9.68. The predicted octanol–water partition coefficient (Wildman–Crippen LogP) is 4.96. The first-order valence-electron chi connectivity index (χ1n) is 7.29. The van der Waals surface area contributed by atoms with Gasteiger partial charge < -0.3 is 35.2 Å². The van der Waals surface area contributed by atoms with Gasteiger partial charge in [0.25, 0.3) is 0 Å². The molecule has 0 saturated heterocycles. The van der Waals surface area contributed by atoms with Gasteiger partial charge in [0.2, 0.25) is 0 Å². The first-order chi connectivity index (χ1) is 9.41. The fraction of sp³-hybridized carbons (Fsp3) is 0.412. The van der Waals surface area contributed by atoms with Crippen LogP contribution in [0, 0.1) is 0 Å². The van der Waals surface area contributed by atoms with Crippen molar-refractivity contribution in [3.63, 3.8) is 0 Å². The van der Waals surface area contributed by atoms with Crippen LogP contribution in [-0.2, 0) is 17.1 Å². The quantitative estimate of drug-likeness (QED) is 0.511. The van der Waals surface area contributed by atoms with Crippen LogP contribution in [0.4, 0.5) is 5.69 Å². The summed E-state index contributed by atoms with van der Waals surface area (Å²) in [6, 6.07) is 14.6. The van der Waals surface area contributed by atoms with Crippen LogP contribution in [0.25, 0.3) is 0 Å². The minimum Gasteiger partial charge on any atom is -0.748 e. The molecule has 4 heteroatoms. The molecule has 2 aromatic carbocycles. The predicted molar refractivity (Wildman–Crippen MR) is 98.3 cm³/mol. The molecule has 0 amide bonds. The third-order valence-electron chi connectivity index (χ3n) is 3.34. The van der Waals surface area contributed by atoms with Gasteiger partial charge in [-0.15, -0.1) is 0 Å². The maximum Gasteiger partial charge on any atom is 0.00502 e. The molecule has 0 radical (unpaired) electrons. The molecule has 0 atom stereocenters. The van der Waals surface area contributed by atoms with E-state index in [1.807, 2.05) is 30.3 Å². The summed E-state index contributed by atoms with van der Waals surface area (Å²) in [5.74, 6) is 0. The SMILES string of the molecule is CCN(CC)[c-]1ccc([Si](C)(C)C)c1Br.[Fe].[cH-]1[cH-][cH-][cH-][cH-]1. The minimum absolute atomic E-state index is 0. The van der Waals surface area contributed by atoms with Gasteiger partial charge in [0.1, 0.15) is 0 Å². The van der Waals surface area contributed by atoms with Gasteiger partial charge in [0.05, 0.1) is 0 Å². The van der Waals surface area contributed by atoms with E-state index in [1.54, 1.807) is 0 Å². The van der Waals surface area contributed by atoms with Crippen molar-refractivity contribution in [3.8, 4) is 0 Å². The van der Waals surface area contributed by atoms with Crippen molar-refractivity contribution in [2.24, 2.45) is 0 Å². The Hall–Kier alpha value is -0.284. The van der Waals surface area contributed by atoms with Crippen LogP contribution in [0.15, 0.2) is 46.9 Å². The maximum absolute atomic E-state index is 3.76. The summed E-state index contributed by atoms with van der Waals surface area (Å²) in [6.07, 6.45) is 0. The summed E-state index contributed by atoms with van der Waals surface area (Å²) < 4.78 is 1.32. The second-order valence-corrected chi connectivity index (χ2v) is 11.7. The van der Waals surface area contributed by atoms with Gasteiger partial charge in [0, 0.05) is 38.2 Å². The number of hydrogen-bond donors (Lipinski definition) is 0. The molecule has 2 aromatic rings. The molecule has 0 bridgehead atoms. The molecule has 1 nitrogen and oxygen atoms in total. The number of halogens is 1. The van der Waals surface area contributed by atoms with E-state index in [0.29, 0.717) is 0 Å². The van der Waals surface area contributed by atoms with Gasteiger partial charge in [0.15, 0.2) is 0 Å². The van der Waals surface area contributed by atoms with Crippen LogP contribution in [-0.4, -0.2) is 21.2 Å². The van der Waals surface area contributed by atoms with E-state index < -0.39 is 8.07 Å². The normalized spacial score (nSPS) is 10.4. The molecule has 2 rings (SSSR count). The van der Waals surface area contributed by atoms with Crippen LogP contribution in [0.5, 0.6) is 0 Å². The van der Waals surface area contributed by atoms with Crippen LogP contribution in [0.2, 0.25) is 19.6 Å². The molecule has 21 heavy (non-hydrogen) atoms. The Kier molecular flexibility index (Phi) is 9.55. The van der Waals surface area contributed by atoms with E-state index in [1.165, 1.54) is 15.3 Å². The molecular weight excluding hydrogens is 382 g/mol. The average Bonchev–Trinajstić information content (AvgIpc) is 3.03. The van der Waals surface area contributed by atoms with E-state index in [9.17, 15) is 0 Å². The van der Waals surface area contributed by atoms with Gasteiger partial charge in [-0.2, -0.15) is 11.3 Å². The summed E-state index contributed by atoms with van der Waals surface area (Å²) in [5.41, 5.74) is 1.36. The fourth-order valence-corrected chi connectivity index (χ4v) is 5.82. The van der Waals surface area contributed by atoms with Crippen molar-refractivity contribution in [2.75, 3.05) is 18.0 Å². The van der Waals surface area contributed by atoms with Gasteiger partial charge >= 0.3 is 0 Å². The zero-order chi connectivity index (χ0) is 15.2. The third-order valence-corrected chi connectivity index (χ3v) is 6.57. The number of hydrogen-bond acceptors (Lipinski definition) is 1. The molecule has 0 aromatic heterocycles. The molecule has 0 fully saturated rings. The number of nitrogens with zero attached hydrogens (tertiary/aromatic N) is 1. The van der Waals surface area contributed by atoms with E-state index in [0.717, 1.165) is 13.1 Å². The molecule has 0 unspecified atom stereocenters. The largest absolute Gasteiger partial charge is 0.748 e. The number of rotatable bonds is 4. The number of anilines is 1. The van der Waals surface area contributed by atoms with Crippen LogP contribution in [0.1, 0.15) is 13.8 Å². The molecule has 0 N–H and O–H groups in total. The third kappa shape index (κ3) is 6.15. The molecule has 0 spiro atoms. The standard InChI is InChI=1S/C12H21BrNSi.C5H5.Fe/c1-6-14(7-2)10-8-9-11(12(10)13)15(3,4)5;1-2-4-5-3-1;/h8-9H,6-7H2,1-5H3;1-5H;/q-1;-5;. The Labute approximate surface area is 150 Å². The van der Waals surface area contributed by atoms with Crippen molar-refractivity contribution in [1.82, 2.24) is 0 Å². The van der Waals surface area contributed by atoms with Gasteiger partial charge in [-0.05, 0) is 13.8 Å². The maximum atomic E-state index is 3.76. The zero-order valence-corrected chi connectivity index (χ0v) is 17.3. The molecule has 0 saturated carbocycles. The van der Waals surface area contributed by atoms with Crippen molar-refractivity contribution in [1.29, 1.82) is 0 Å². The Morgan fingerprint density at radius 2 is 1.48 bits per heavy atom. The molecular formula is C17H26BrFeNSi-6. The van der Waals surface area contributed by atoms with E-state index in [4.69, 9.17) is 0 Å². The summed E-state index contributed by atoms with van der Waals surface area (Å²) >= 11 is 3.76. The molecule has 0 aliphatic carbocycles. The molecule has 124 valence electrons. The van der Waals surface area contributed by atoms with E-state index in [-0.39, 0.29) is 17.1 Å². The van der Waals surface area contributed by atoms with Crippen LogP contribution < -0.4 is 10.1 Å².